The third-order valence-electron chi connectivity index (χ3n) is 4.18. The normalized spacial score (nSPS) is 18.2. The molecule has 1 aromatic carbocycles. The highest BCUT2D eigenvalue weighted by Crippen LogP contribution is 2.26. The van der Waals surface area contributed by atoms with Crippen LogP contribution in [0.2, 0.25) is 0 Å². The SMILES string of the molecule is CCC(N)Cc1ccccc1OCC1CCCCC1. The average Bonchev–Trinajstić information content (AvgIpc) is 2.47. The van der Waals surface area contributed by atoms with E-state index in [1.54, 1.807) is 0 Å². The van der Waals surface area contributed by atoms with Gasteiger partial charge in [0.2, 0.25) is 0 Å². The predicted molar refractivity (Wildman–Crippen MR) is 80.5 cm³/mol. The first-order valence-corrected chi connectivity index (χ1v) is 7.76. The molecular formula is C17H27NO. The van der Waals surface area contributed by atoms with E-state index >= 15 is 0 Å². The van der Waals surface area contributed by atoms with Crippen molar-refractivity contribution in [2.45, 2.75) is 57.9 Å². The standard InChI is InChI=1S/C17H27NO/c1-2-16(18)12-15-10-6-7-11-17(15)19-13-14-8-4-3-5-9-14/h6-7,10-11,14,16H,2-5,8-9,12-13,18H2,1H3. The Morgan fingerprint density at radius 1 is 1.21 bits per heavy atom. The zero-order valence-corrected chi connectivity index (χ0v) is 12.1. The van der Waals surface area contributed by atoms with E-state index in [4.69, 9.17) is 10.5 Å². The Kier molecular flexibility index (Phi) is 5.71. The second-order valence-electron chi connectivity index (χ2n) is 5.80. The predicted octanol–water partition coefficient (Wildman–Crippen LogP) is 3.93. The van der Waals surface area contributed by atoms with Crippen molar-refractivity contribution in [3.05, 3.63) is 29.8 Å². The molecule has 0 saturated heterocycles. The van der Waals surface area contributed by atoms with Crippen LogP contribution >= 0.6 is 0 Å². The Morgan fingerprint density at radius 3 is 2.68 bits per heavy atom. The Balaban J connectivity index is 1.91. The highest BCUT2D eigenvalue weighted by Gasteiger charge is 2.15. The molecule has 0 aliphatic heterocycles. The molecule has 0 spiro atoms. The van der Waals surface area contributed by atoms with Crippen LogP contribution in [0.15, 0.2) is 24.3 Å². The lowest BCUT2D eigenvalue weighted by molar-refractivity contribution is 0.207. The topological polar surface area (TPSA) is 35.2 Å². The van der Waals surface area contributed by atoms with Crippen LogP contribution in [-0.2, 0) is 6.42 Å². The summed E-state index contributed by atoms with van der Waals surface area (Å²) in [7, 11) is 0. The van der Waals surface area contributed by atoms with E-state index in [2.05, 4.69) is 31.2 Å². The minimum atomic E-state index is 0.236. The molecule has 0 bridgehead atoms. The van der Waals surface area contributed by atoms with Gasteiger partial charge in [-0.15, -0.1) is 0 Å². The molecule has 19 heavy (non-hydrogen) atoms. The van der Waals surface area contributed by atoms with E-state index in [0.717, 1.165) is 31.1 Å². The second kappa shape index (κ2) is 7.54. The lowest BCUT2D eigenvalue weighted by Crippen LogP contribution is -2.22. The van der Waals surface area contributed by atoms with Crippen molar-refractivity contribution in [1.29, 1.82) is 0 Å². The molecule has 0 heterocycles. The van der Waals surface area contributed by atoms with E-state index in [1.807, 2.05) is 0 Å². The quantitative estimate of drug-likeness (QED) is 0.842. The molecule has 2 heteroatoms. The van der Waals surface area contributed by atoms with Crippen molar-refractivity contribution < 1.29 is 4.74 Å². The summed E-state index contributed by atoms with van der Waals surface area (Å²) in [5.41, 5.74) is 7.31. The number of hydrogen-bond acceptors (Lipinski definition) is 2. The number of para-hydroxylation sites is 1. The van der Waals surface area contributed by atoms with Gasteiger partial charge in [-0.05, 0) is 43.2 Å². The fourth-order valence-electron chi connectivity index (χ4n) is 2.80. The van der Waals surface area contributed by atoms with Gasteiger partial charge in [0, 0.05) is 6.04 Å². The second-order valence-corrected chi connectivity index (χ2v) is 5.80. The maximum Gasteiger partial charge on any atom is 0.122 e. The van der Waals surface area contributed by atoms with E-state index in [9.17, 15) is 0 Å². The molecule has 0 amide bonds. The minimum absolute atomic E-state index is 0.236. The number of benzene rings is 1. The van der Waals surface area contributed by atoms with Crippen molar-refractivity contribution in [2.24, 2.45) is 11.7 Å². The third-order valence-corrected chi connectivity index (χ3v) is 4.18. The van der Waals surface area contributed by atoms with Gasteiger partial charge in [0.05, 0.1) is 6.61 Å². The van der Waals surface area contributed by atoms with Gasteiger partial charge in [-0.2, -0.15) is 0 Å². The molecule has 2 N–H and O–H groups in total. The average molecular weight is 261 g/mol. The highest BCUT2D eigenvalue weighted by atomic mass is 16.5. The summed E-state index contributed by atoms with van der Waals surface area (Å²) in [6.07, 6.45) is 8.73. The molecule has 1 atom stereocenters. The monoisotopic (exact) mass is 261 g/mol. The van der Waals surface area contributed by atoms with Crippen LogP contribution in [0.5, 0.6) is 5.75 Å². The molecule has 0 aromatic heterocycles. The van der Waals surface area contributed by atoms with Crippen LogP contribution in [0.3, 0.4) is 0 Å². The fourth-order valence-corrected chi connectivity index (χ4v) is 2.80. The number of ether oxygens (including phenoxy) is 1. The first-order valence-electron chi connectivity index (χ1n) is 7.76. The Hall–Kier alpha value is -1.02. The molecule has 1 aliphatic carbocycles. The summed E-state index contributed by atoms with van der Waals surface area (Å²) < 4.78 is 6.07. The van der Waals surface area contributed by atoms with Crippen molar-refractivity contribution in [1.82, 2.24) is 0 Å². The Labute approximate surface area is 117 Å². The lowest BCUT2D eigenvalue weighted by Gasteiger charge is -2.22. The van der Waals surface area contributed by atoms with Gasteiger partial charge < -0.3 is 10.5 Å². The van der Waals surface area contributed by atoms with E-state index in [0.29, 0.717) is 0 Å². The van der Waals surface area contributed by atoms with Crippen LogP contribution in [0.1, 0.15) is 51.0 Å². The van der Waals surface area contributed by atoms with Gasteiger partial charge in [0.15, 0.2) is 0 Å². The fraction of sp³-hybridized carbons (Fsp3) is 0.647. The largest absolute Gasteiger partial charge is 0.493 e. The molecule has 1 aromatic rings. The maximum absolute atomic E-state index is 6.07. The summed E-state index contributed by atoms with van der Waals surface area (Å²) in [5.74, 6) is 1.79. The Bertz CT molecular complexity index is 371. The molecule has 106 valence electrons. The van der Waals surface area contributed by atoms with Crippen molar-refractivity contribution >= 4 is 0 Å². The summed E-state index contributed by atoms with van der Waals surface area (Å²) in [6.45, 7) is 3.01. The number of rotatable bonds is 6. The van der Waals surface area contributed by atoms with Crippen LogP contribution < -0.4 is 10.5 Å². The van der Waals surface area contributed by atoms with Gasteiger partial charge in [-0.1, -0.05) is 44.4 Å². The molecule has 2 rings (SSSR count). The molecule has 1 saturated carbocycles. The summed E-state index contributed by atoms with van der Waals surface area (Å²) in [4.78, 5) is 0. The maximum atomic E-state index is 6.07. The van der Waals surface area contributed by atoms with Crippen LogP contribution in [0.25, 0.3) is 0 Å². The highest BCUT2D eigenvalue weighted by molar-refractivity contribution is 5.34. The first-order chi connectivity index (χ1) is 9.29. The van der Waals surface area contributed by atoms with E-state index in [1.165, 1.54) is 37.7 Å². The van der Waals surface area contributed by atoms with Gasteiger partial charge >= 0.3 is 0 Å². The summed E-state index contributed by atoms with van der Waals surface area (Å²) in [6, 6.07) is 8.59. The third kappa shape index (κ3) is 4.54. The van der Waals surface area contributed by atoms with Crippen molar-refractivity contribution in [3.8, 4) is 5.75 Å². The first kappa shape index (κ1) is 14.4. The van der Waals surface area contributed by atoms with Gasteiger partial charge in [0.1, 0.15) is 5.75 Å². The van der Waals surface area contributed by atoms with E-state index < -0.39 is 0 Å². The number of nitrogens with two attached hydrogens (primary N) is 1. The number of hydrogen-bond donors (Lipinski definition) is 1. The smallest absolute Gasteiger partial charge is 0.122 e. The molecule has 0 radical (unpaired) electrons. The zero-order valence-electron chi connectivity index (χ0n) is 12.1. The minimum Gasteiger partial charge on any atom is -0.493 e. The summed E-state index contributed by atoms with van der Waals surface area (Å²) >= 11 is 0. The Morgan fingerprint density at radius 2 is 1.95 bits per heavy atom. The summed E-state index contributed by atoms with van der Waals surface area (Å²) in [5, 5.41) is 0. The van der Waals surface area contributed by atoms with Crippen molar-refractivity contribution in [2.75, 3.05) is 6.61 Å². The molecule has 1 fully saturated rings. The zero-order chi connectivity index (χ0) is 13.5. The molecule has 1 unspecified atom stereocenters. The van der Waals surface area contributed by atoms with Gasteiger partial charge in [-0.3, -0.25) is 0 Å². The van der Waals surface area contributed by atoms with Crippen LogP contribution in [0, 0.1) is 5.92 Å². The molecule has 2 nitrogen and oxygen atoms in total. The lowest BCUT2D eigenvalue weighted by atomic mass is 9.90. The van der Waals surface area contributed by atoms with E-state index in [-0.39, 0.29) is 6.04 Å². The molecular weight excluding hydrogens is 234 g/mol. The van der Waals surface area contributed by atoms with Crippen LogP contribution in [0.4, 0.5) is 0 Å². The van der Waals surface area contributed by atoms with Gasteiger partial charge in [0.25, 0.3) is 0 Å². The van der Waals surface area contributed by atoms with Crippen LogP contribution in [-0.4, -0.2) is 12.6 Å². The van der Waals surface area contributed by atoms with Crippen molar-refractivity contribution in [3.63, 3.8) is 0 Å². The molecule has 1 aliphatic rings. The van der Waals surface area contributed by atoms with Gasteiger partial charge in [-0.25, -0.2) is 0 Å².